The molecule has 0 bridgehead atoms. The third kappa shape index (κ3) is 5.56. The van der Waals surface area contributed by atoms with E-state index in [0.29, 0.717) is 17.5 Å². The number of para-hydroxylation sites is 2. The van der Waals surface area contributed by atoms with E-state index in [1.54, 1.807) is 0 Å². The van der Waals surface area contributed by atoms with E-state index in [1.807, 2.05) is 36.4 Å². The van der Waals surface area contributed by atoms with Crippen LogP contribution in [0.3, 0.4) is 0 Å². The van der Waals surface area contributed by atoms with Gasteiger partial charge in [0, 0.05) is 26.5 Å². The van der Waals surface area contributed by atoms with E-state index < -0.39 is 10.0 Å². The molecule has 0 saturated carbocycles. The van der Waals surface area contributed by atoms with Gasteiger partial charge in [-0.15, -0.1) is 0 Å². The number of nitrogens with zero attached hydrogens (tertiary/aromatic N) is 4. The van der Waals surface area contributed by atoms with Gasteiger partial charge in [0.25, 0.3) is 0 Å². The second-order valence-corrected chi connectivity index (χ2v) is 16.8. The van der Waals surface area contributed by atoms with Gasteiger partial charge in [0.15, 0.2) is 17.5 Å². The molecule has 2 heterocycles. The molecule has 0 unspecified atom stereocenters. The van der Waals surface area contributed by atoms with Crippen LogP contribution in [0.15, 0.2) is 192 Å². The van der Waals surface area contributed by atoms with E-state index in [0.717, 1.165) is 33.5 Å². The lowest BCUT2D eigenvalue weighted by Gasteiger charge is -2.45. The monoisotopic (exact) mass is 688 g/mol. The molecule has 8 aromatic rings. The van der Waals surface area contributed by atoms with Crippen LogP contribution in [0.25, 0.3) is 56.4 Å². The normalized spacial score (nSPS) is 13.5. The average Bonchev–Trinajstić information content (AvgIpc) is 3.22. The molecule has 1 aliphatic rings. The third-order valence-corrected chi connectivity index (χ3v) is 12.7. The molecule has 52 heavy (non-hydrogen) atoms. The predicted octanol–water partition coefficient (Wildman–Crippen LogP) is 12.5. The molecule has 0 saturated heterocycles. The molecule has 0 spiro atoms. The molecule has 9 rings (SSSR count). The molecular weight excluding hydrogens is 653 g/mol. The van der Waals surface area contributed by atoms with Gasteiger partial charge < -0.3 is 4.90 Å². The van der Waals surface area contributed by atoms with Crippen LogP contribution in [0.1, 0.15) is 0 Å². The van der Waals surface area contributed by atoms with Crippen molar-refractivity contribution in [2.75, 3.05) is 17.4 Å². The van der Waals surface area contributed by atoms with E-state index in [2.05, 4.69) is 163 Å². The minimum Gasteiger partial charge on any atom is -0.308 e. The first kappa shape index (κ1) is 31.7. The van der Waals surface area contributed by atoms with E-state index >= 15 is 0 Å². The maximum absolute atomic E-state index is 5.27. The summed E-state index contributed by atoms with van der Waals surface area (Å²) in [6, 6.07) is 64.1. The number of benzene rings is 7. The van der Waals surface area contributed by atoms with Gasteiger partial charge in [-0.05, 0) is 71.2 Å². The summed E-state index contributed by atoms with van der Waals surface area (Å²) in [5.41, 5.74) is 10.8. The van der Waals surface area contributed by atoms with Crippen LogP contribution < -0.4 is 4.90 Å². The minimum absolute atomic E-state index is 0.619. The standard InChI is InChI=1S/C47H36N4S/c1-52(2)43-28-16-14-26-41(43)51(42-27-15-17-29-44(42)52)40-31-30-36(38-25-13-12-24-37(38)33-18-6-3-7-19-33)32-39(40)47-49-45(34-20-8-4-9-21-34)48-46(50-47)35-22-10-5-11-23-35/h3-32H,1-2H3. The molecule has 250 valence electrons. The van der Waals surface area contributed by atoms with Crippen LogP contribution in [-0.2, 0) is 0 Å². The van der Waals surface area contributed by atoms with Crippen LogP contribution in [-0.4, -0.2) is 27.5 Å². The highest BCUT2D eigenvalue weighted by atomic mass is 32.3. The summed E-state index contributed by atoms with van der Waals surface area (Å²) in [4.78, 5) is 20.7. The molecule has 1 aromatic heterocycles. The zero-order valence-electron chi connectivity index (χ0n) is 29.0. The highest BCUT2D eigenvalue weighted by molar-refractivity contribution is 8.33. The van der Waals surface area contributed by atoms with Gasteiger partial charge in [0.05, 0.1) is 17.1 Å². The van der Waals surface area contributed by atoms with E-state index in [4.69, 9.17) is 15.0 Å². The van der Waals surface area contributed by atoms with Gasteiger partial charge in [-0.1, -0.05) is 146 Å². The van der Waals surface area contributed by atoms with Crippen molar-refractivity contribution in [3.8, 4) is 56.4 Å². The maximum Gasteiger partial charge on any atom is 0.166 e. The fourth-order valence-electron chi connectivity index (χ4n) is 7.27. The van der Waals surface area contributed by atoms with Crippen molar-refractivity contribution >= 4 is 27.1 Å². The van der Waals surface area contributed by atoms with E-state index in [1.165, 1.54) is 32.3 Å². The second kappa shape index (κ2) is 13.1. The summed E-state index contributed by atoms with van der Waals surface area (Å²) in [6.45, 7) is 0. The topological polar surface area (TPSA) is 41.9 Å². The minimum atomic E-state index is -1.28. The molecule has 0 aliphatic carbocycles. The van der Waals surface area contributed by atoms with Crippen LogP contribution >= 0.6 is 10.0 Å². The Morgan fingerprint density at radius 2 is 0.769 bits per heavy atom. The Bertz CT molecular complexity index is 2440. The molecule has 4 nitrogen and oxygen atoms in total. The van der Waals surface area contributed by atoms with Crippen molar-refractivity contribution in [3.63, 3.8) is 0 Å². The first-order valence-corrected chi connectivity index (χ1v) is 19.9. The van der Waals surface area contributed by atoms with Crippen LogP contribution in [0.4, 0.5) is 17.1 Å². The van der Waals surface area contributed by atoms with Crippen molar-refractivity contribution in [1.29, 1.82) is 0 Å². The van der Waals surface area contributed by atoms with Crippen molar-refractivity contribution < 1.29 is 0 Å². The van der Waals surface area contributed by atoms with Gasteiger partial charge in [0.1, 0.15) is 0 Å². The molecule has 0 amide bonds. The Balaban J connectivity index is 1.34. The zero-order chi connectivity index (χ0) is 35.1. The van der Waals surface area contributed by atoms with Gasteiger partial charge in [-0.25, -0.2) is 15.0 Å². The average molecular weight is 689 g/mol. The molecule has 5 heteroatoms. The number of hydrogen-bond donors (Lipinski definition) is 0. The van der Waals surface area contributed by atoms with E-state index in [9.17, 15) is 0 Å². The fraction of sp³-hybridized carbons (Fsp3) is 0.0426. The largest absolute Gasteiger partial charge is 0.308 e. The summed E-state index contributed by atoms with van der Waals surface area (Å²) in [5.74, 6) is 1.89. The van der Waals surface area contributed by atoms with Crippen LogP contribution in [0.5, 0.6) is 0 Å². The fourth-order valence-corrected chi connectivity index (χ4v) is 9.70. The second-order valence-electron chi connectivity index (χ2n) is 13.3. The Labute approximate surface area is 306 Å². The Morgan fingerprint density at radius 1 is 0.346 bits per heavy atom. The van der Waals surface area contributed by atoms with Crippen LogP contribution in [0, 0.1) is 0 Å². The molecule has 0 atom stereocenters. The van der Waals surface area contributed by atoms with Crippen molar-refractivity contribution in [1.82, 2.24) is 15.0 Å². The summed E-state index contributed by atoms with van der Waals surface area (Å²) in [5, 5.41) is 0. The SMILES string of the molecule is CS1(C)c2ccccc2N(c2ccc(-c3ccccc3-c3ccccc3)cc2-c2nc(-c3ccccc3)nc(-c3ccccc3)n2)c2ccccc21. The molecule has 0 fully saturated rings. The highest BCUT2D eigenvalue weighted by Gasteiger charge is 2.35. The summed E-state index contributed by atoms with van der Waals surface area (Å²) in [7, 11) is -1.28. The molecular formula is C47H36N4S. The molecule has 1 aliphatic heterocycles. The summed E-state index contributed by atoms with van der Waals surface area (Å²) >= 11 is 0. The zero-order valence-corrected chi connectivity index (χ0v) is 29.8. The van der Waals surface area contributed by atoms with Crippen molar-refractivity contribution in [2.45, 2.75) is 9.79 Å². The Kier molecular flexibility index (Phi) is 7.98. The Hall–Kier alpha value is -6.30. The lowest BCUT2D eigenvalue weighted by atomic mass is 9.93. The van der Waals surface area contributed by atoms with Gasteiger partial charge >= 0.3 is 0 Å². The number of rotatable bonds is 6. The molecule has 0 N–H and O–H groups in total. The quantitative estimate of drug-likeness (QED) is 0.174. The van der Waals surface area contributed by atoms with Gasteiger partial charge in [-0.3, -0.25) is 0 Å². The summed E-state index contributed by atoms with van der Waals surface area (Å²) in [6.07, 6.45) is 4.80. The van der Waals surface area contributed by atoms with Gasteiger partial charge in [-0.2, -0.15) is 10.0 Å². The van der Waals surface area contributed by atoms with Crippen LogP contribution in [0.2, 0.25) is 0 Å². The third-order valence-electron chi connectivity index (χ3n) is 9.81. The van der Waals surface area contributed by atoms with Crippen molar-refractivity contribution in [2.24, 2.45) is 0 Å². The smallest absolute Gasteiger partial charge is 0.166 e. The Morgan fingerprint density at radius 3 is 1.31 bits per heavy atom. The number of hydrogen-bond acceptors (Lipinski definition) is 4. The number of anilines is 3. The molecule has 7 aromatic carbocycles. The first-order valence-electron chi connectivity index (χ1n) is 17.4. The van der Waals surface area contributed by atoms with Gasteiger partial charge in [0.2, 0.25) is 0 Å². The van der Waals surface area contributed by atoms with E-state index in [-0.39, 0.29) is 0 Å². The lowest BCUT2D eigenvalue weighted by Crippen LogP contribution is -2.20. The maximum atomic E-state index is 5.27. The number of aromatic nitrogens is 3. The van der Waals surface area contributed by atoms with Crippen molar-refractivity contribution in [3.05, 3.63) is 182 Å². The summed E-state index contributed by atoms with van der Waals surface area (Å²) < 4.78 is 0. The molecule has 0 radical (unpaired) electrons. The predicted molar refractivity (Wildman–Crippen MR) is 218 cm³/mol. The first-order chi connectivity index (χ1) is 25.6. The lowest BCUT2D eigenvalue weighted by molar-refractivity contribution is 1.07. The number of fused-ring (bicyclic) bond motifs is 2. The highest BCUT2D eigenvalue weighted by Crippen LogP contribution is 2.67.